The topological polar surface area (TPSA) is 67.8 Å². The molecule has 0 saturated carbocycles. The largest absolute Gasteiger partial charge is 0.508 e. The van der Waals surface area contributed by atoms with Crippen molar-refractivity contribution in [1.82, 2.24) is 5.32 Å². The molecule has 2 aromatic carbocycles. The molecule has 0 spiro atoms. The number of phenols is 1. The van der Waals surface area contributed by atoms with Gasteiger partial charge in [0.05, 0.1) is 12.6 Å². The number of amides is 1. The van der Waals surface area contributed by atoms with E-state index in [2.05, 4.69) is 5.32 Å². The van der Waals surface area contributed by atoms with Gasteiger partial charge in [-0.2, -0.15) is 0 Å². The highest BCUT2D eigenvalue weighted by atomic mass is 16.5. The third kappa shape index (κ3) is 4.79. The predicted molar refractivity (Wildman–Crippen MR) is 82.5 cm³/mol. The maximum Gasteiger partial charge on any atom is 0.407 e. The minimum absolute atomic E-state index is 0.189. The molecule has 0 heterocycles. The van der Waals surface area contributed by atoms with Crippen molar-refractivity contribution in [3.8, 4) is 5.75 Å². The van der Waals surface area contributed by atoms with E-state index in [-0.39, 0.29) is 25.0 Å². The van der Waals surface area contributed by atoms with E-state index in [0.29, 0.717) is 0 Å². The molecular formula is C17H19NO4. The summed E-state index contributed by atoms with van der Waals surface area (Å²) in [6, 6.07) is 16.1. The lowest BCUT2D eigenvalue weighted by Gasteiger charge is -2.16. The number of rotatable bonds is 6. The van der Waals surface area contributed by atoms with Crippen LogP contribution in [0.2, 0.25) is 0 Å². The fraction of sp³-hybridized carbons (Fsp3) is 0.235. The van der Waals surface area contributed by atoms with E-state index in [1.807, 2.05) is 30.3 Å². The molecule has 0 fully saturated rings. The Morgan fingerprint density at radius 3 is 2.45 bits per heavy atom. The molecule has 0 unspecified atom stereocenters. The zero-order chi connectivity index (χ0) is 15.8. The van der Waals surface area contributed by atoms with E-state index in [1.54, 1.807) is 31.4 Å². The van der Waals surface area contributed by atoms with Crippen LogP contribution >= 0.6 is 0 Å². The number of methoxy groups -OCH3 is 1. The van der Waals surface area contributed by atoms with Crippen LogP contribution in [0.4, 0.5) is 4.79 Å². The van der Waals surface area contributed by atoms with Gasteiger partial charge in [-0.05, 0) is 23.3 Å². The number of carbonyl (C=O) groups excluding carboxylic acids is 1. The van der Waals surface area contributed by atoms with E-state index in [4.69, 9.17) is 9.47 Å². The Labute approximate surface area is 129 Å². The number of nitrogens with one attached hydrogen (secondary N) is 1. The number of benzene rings is 2. The predicted octanol–water partition coefficient (Wildman–Crippen LogP) is 3.01. The minimum atomic E-state index is -0.496. The second kappa shape index (κ2) is 8.05. The highest BCUT2D eigenvalue weighted by molar-refractivity contribution is 5.67. The van der Waals surface area contributed by atoms with Crippen molar-refractivity contribution in [2.75, 3.05) is 13.7 Å². The maximum atomic E-state index is 11.7. The van der Waals surface area contributed by atoms with Gasteiger partial charge >= 0.3 is 6.09 Å². The average Bonchev–Trinajstić information content (AvgIpc) is 2.56. The number of aromatic hydroxyl groups is 1. The van der Waals surface area contributed by atoms with Crippen molar-refractivity contribution in [3.05, 3.63) is 65.7 Å². The lowest BCUT2D eigenvalue weighted by Crippen LogP contribution is -2.29. The molecule has 0 saturated heterocycles. The molecule has 0 aromatic heterocycles. The standard InChI is InChI=1S/C17H19NO4/c1-21-16(14-7-9-15(19)10-8-14)11-18-17(20)22-12-13-5-3-2-4-6-13/h2-10,16,19H,11-12H2,1H3,(H,18,20)/t16-/m0/s1. The summed E-state index contributed by atoms with van der Waals surface area (Å²) in [6.07, 6.45) is -0.797. The first kappa shape index (κ1) is 15.9. The van der Waals surface area contributed by atoms with Crippen LogP contribution in [0.25, 0.3) is 0 Å². The van der Waals surface area contributed by atoms with Crippen LogP contribution in [0, 0.1) is 0 Å². The Hall–Kier alpha value is -2.53. The Bertz CT molecular complexity index is 583. The van der Waals surface area contributed by atoms with Crippen molar-refractivity contribution in [3.63, 3.8) is 0 Å². The summed E-state index contributed by atoms with van der Waals surface area (Å²) >= 11 is 0. The first-order valence-electron chi connectivity index (χ1n) is 6.95. The fourth-order valence-corrected chi connectivity index (χ4v) is 1.98. The monoisotopic (exact) mass is 301 g/mol. The quantitative estimate of drug-likeness (QED) is 0.860. The lowest BCUT2D eigenvalue weighted by molar-refractivity contribution is 0.0931. The molecule has 5 heteroatoms. The number of ether oxygens (including phenoxy) is 2. The molecule has 0 aliphatic heterocycles. The van der Waals surface area contributed by atoms with Crippen LogP contribution in [0.15, 0.2) is 54.6 Å². The van der Waals surface area contributed by atoms with E-state index in [1.165, 1.54) is 0 Å². The zero-order valence-electron chi connectivity index (χ0n) is 12.4. The minimum Gasteiger partial charge on any atom is -0.508 e. The van der Waals surface area contributed by atoms with Crippen molar-refractivity contribution >= 4 is 6.09 Å². The molecule has 22 heavy (non-hydrogen) atoms. The number of carbonyl (C=O) groups is 1. The molecule has 1 amide bonds. The van der Waals surface area contributed by atoms with E-state index >= 15 is 0 Å². The normalized spacial score (nSPS) is 11.7. The smallest absolute Gasteiger partial charge is 0.407 e. The van der Waals surface area contributed by atoms with Gasteiger partial charge in [0.25, 0.3) is 0 Å². The Balaban J connectivity index is 1.80. The van der Waals surface area contributed by atoms with Gasteiger partial charge in [0.1, 0.15) is 12.4 Å². The molecule has 2 rings (SSSR count). The first-order valence-corrected chi connectivity index (χ1v) is 6.95. The molecule has 5 nitrogen and oxygen atoms in total. The highest BCUT2D eigenvalue weighted by Gasteiger charge is 2.12. The van der Waals surface area contributed by atoms with Gasteiger partial charge in [0.15, 0.2) is 0 Å². The average molecular weight is 301 g/mol. The summed E-state index contributed by atoms with van der Waals surface area (Å²) in [5.41, 5.74) is 1.79. The first-order chi connectivity index (χ1) is 10.7. The third-order valence-electron chi connectivity index (χ3n) is 3.19. The molecule has 1 atom stereocenters. The van der Waals surface area contributed by atoms with Gasteiger partial charge in [-0.1, -0.05) is 42.5 Å². The Kier molecular flexibility index (Phi) is 5.80. The van der Waals surface area contributed by atoms with Crippen molar-refractivity contribution in [2.24, 2.45) is 0 Å². The van der Waals surface area contributed by atoms with E-state index in [9.17, 15) is 9.90 Å². The zero-order valence-corrected chi connectivity index (χ0v) is 12.4. The van der Waals surface area contributed by atoms with Crippen LogP contribution in [0.1, 0.15) is 17.2 Å². The SMILES string of the molecule is CO[C@@H](CNC(=O)OCc1ccccc1)c1ccc(O)cc1. The number of hydrogen-bond acceptors (Lipinski definition) is 4. The van der Waals surface area contributed by atoms with Crippen LogP contribution in [0.5, 0.6) is 5.75 Å². The summed E-state index contributed by atoms with van der Waals surface area (Å²) in [6.45, 7) is 0.512. The Morgan fingerprint density at radius 1 is 1.14 bits per heavy atom. The Morgan fingerprint density at radius 2 is 1.82 bits per heavy atom. The lowest BCUT2D eigenvalue weighted by atomic mass is 10.1. The molecule has 116 valence electrons. The molecule has 0 radical (unpaired) electrons. The highest BCUT2D eigenvalue weighted by Crippen LogP contribution is 2.18. The maximum absolute atomic E-state index is 11.7. The number of phenolic OH excluding ortho intramolecular Hbond substituents is 1. The van der Waals surface area contributed by atoms with Gasteiger partial charge in [-0.25, -0.2) is 4.79 Å². The summed E-state index contributed by atoms with van der Waals surface area (Å²) in [5.74, 6) is 0.189. The van der Waals surface area contributed by atoms with Gasteiger partial charge < -0.3 is 19.9 Å². The van der Waals surface area contributed by atoms with Crippen LogP contribution in [-0.4, -0.2) is 24.9 Å². The molecule has 2 aromatic rings. The molecule has 0 bridgehead atoms. The molecular weight excluding hydrogens is 282 g/mol. The summed E-state index contributed by atoms with van der Waals surface area (Å²) < 4.78 is 10.5. The molecule has 0 aliphatic rings. The second-order valence-electron chi connectivity index (χ2n) is 4.76. The third-order valence-corrected chi connectivity index (χ3v) is 3.19. The van der Waals surface area contributed by atoms with Crippen molar-refractivity contribution in [2.45, 2.75) is 12.7 Å². The van der Waals surface area contributed by atoms with Gasteiger partial charge in [-0.15, -0.1) is 0 Å². The second-order valence-corrected chi connectivity index (χ2v) is 4.76. The number of alkyl carbamates (subject to hydrolysis) is 1. The van der Waals surface area contributed by atoms with Gasteiger partial charge in [0, 0.05) is 7.11 Å². The summed E-state index contributed by atoms with van der Waals surface area (Å²) in [5, 5.41) is 11.9. The van der Waals surface area contributed by atoms with Crippen molar-refractivity contribution < 1.29 is 19.4 Å². The fourth-order valence-electron chi connectivity index (χ4n) is 1.98. The van der Waals surface area contributed by atoms with Crippen molar-refractivity contribution in [1.29, 1.82) is 0 Å². The van der Waals surface area contributed by atoms with Crippen LogP contribution in [0.3, 0.4) is 0 Å². The van der Waals surface area contributed by atoms with E-state index in [0.717, 1.165) is 11.1 Å². The number of hydrogen-bond donors (Lipinski definition) is 2. The summed E-state index contributed by atoms with van der Waals surface area (Å²) in [4.78, 5) is 11.7. The molecule has 0 aliphatic carbocycles. The van der Waals surface area contributed by atoms with Crippen LogP contribution in [-0.2, 0) is 16.1 Å². The van der Waals surface area contributed by atoms with E-state index < -0.39 is 6.09 Å². The van der Waals surface area contributed by atoms with Gasteiger partial charge in [-0.3, -0.25) is 0 Å². The molecule has 2 N–H and O–H groups in total. The summed E-state index contributed by atoms with van der Waals surface area (Å²) in [7, 11) is 1.56. The van der Waals surface area contributed by atoms with Crippen LogP contribution < -0.4 is 5.32 Å². The van der Waals surface area contributed by atoms with Gasteiger partial charge in [0.2, 0.25) is 0 Å².